The first kappa shape index (κ1) is 13.2. The van der Waals surface area contributed by atoms with Crippen LogP contribution >= 0.6 is 15.9 Å². The third-order valence-corrected chi connectivity index (χ3v) is 4.75. The monoisotopic (exact) mass is 329 g/mol. The number of halogens is 1. The van der Waals surface area contributed by atoms with Crippen LogP contribution < -0.4 is 0 Å². The molecule has 0 unspecified atom stereocenters. The van der Waals surface area contributed by atoms with Gasteiger partial charge in [0.25, 0.3) is 0 Å². The third kappa shape index (κ3) is 1.68. The van der Waals surface area contributed by atoms with Crippen LogP contribution in [0.15, 0.2) is 42.6 Å². The first-order valence-corrected chi connectivity index (χ1v) is 7.21. The number of nitrogens with zero attached hydrogens (tertiary/aromatic N) is 1. The third-order valence-electron chi connectivity index (χ3n) is 3.63. The molecule has 0 saturated carbocycles. The van der Waals surface area contributed by atoms with Gasteiger partial charge in [-0.1, -0.05) is 53.2 Å². The second-order valence-corrected chi connectivity index (χ2v) is 5.96. The Kier molecular flexibility index (Phi) is 3.05. The molecule has 0 spiro atoms. The van der Waals surface area contributed by atoms with Gasteiger partial charge in [0, 0.05) is 17.3 Å². The summed E-state index contributed by atoms with van der Waals surface area (Å²) in [5.74, 6) is -0.482. The highest BCUT2D eigenvalue weighted by atomic mass is 79.9. The number of aryl methyl sites for hydroxylation is 1. The zero-order valence-corrected chi connectivity index (χ0v) is 12.5. The number of ketones is 2. The molecule has 1 aromatic carbocycles. The molecule has 20 heavy (non-hydrogen) atoms. The Morgan fingerprint density at radius 3 is 2.10 bits per heavy atom. The average Bonchev–Trinajstić information content (AvgIpc) is 2.71. The van der Waals surface area contributed by atoms with Crippen molar-refractivity contribution in [3.63, 3.8) is 0 Å². The zero-order valence-electron chi connectivity index (χ0n) is 10.9. The first-order chi connectivity index (χ1) is 9.59. The zero-order chi connectivity index (χ0) is 14.3. The van der Waals surface area contributed by atoms with Crippen molar-refractivity contribution in [1.82, 2.24) is 4.98 Å². The van der Waals surface area contributed by atoms with Gasteiger partial charge in [-0.05, 0) is 18.1 Å². The number of hydrogen-bond donors (Lipinski definition) is 0. The minimum Gasteiger partial charge on any atom is -0.292 e. The van der Waals surface area contributed by atoms with Gasteiger partial charge >= 0.3 is 0 Å². The van der Waals surface area contributed by atoms with E-state index in [1.807, 2.05) is 13.0 Å². The lowest BCUT2D eigenvalue weighted by molar-refractivity contribution is 0.0869. The highest BCUT2D eigenvalue weighted by Gasteiger charge is 2.53. The maximum atomic E-state index is 12.6. The van der Waals surface area contributed by atoms with Crippen LogP contribution in [0.25, 0.3) is 0 Å². The van der Waals surface area contributed by atoms with Crippen molar-refractivity contribution in [2.75, 3.05) is 0 Å². The average molecular weight is 330 g/mol. The molecule has 0 saturated heterocycles. The van der Waals surface area contributed by atoms with Gasteiger partial charge in [0.2, 0.25) is 0 Å². The van der Waals surface area contributed by atoms with Crippen molar-refractivity contribution in [2.45, 2.75) is 17.7 Å². The normalized spacial score (nSPS) is 16.3. The summed E-state index contributed by atoms with van der Waals surface area (Å²) in [6.45, 7) is 2.03. The number of fused-ring (bicyclic) bond motifs is 1. The van der Waals surface area contributed by atoms with E-state index in [-0.39, 0.29) is 11.6 Å². The Labute approximate surface area is 125 Å². The van der Waals surface area contributed by atoms with Crippen molar-refractivity contribution in [3.05, 3.63) is 65.0 Å². The van der Waals surface area contributed by atoms with Crippen LogP contribution in [-0.4, -0.2) is 16.6 Å². The molecule has 0 radical (unpaired) electrons. The smallest absolute Gasteiger partial charge is 0.194 e. The van der Waals surface area contributed by atoms with Gasteiger partial charge in [0.05, 0.1) is 5.69 Å². The molecule has 4 heteroatoms. The molecule has 1 heterocycles. The first-order valence-electron chi connectivity index (χ1n) is 6.42. The van der Waals surface area contributed by atoms with Crippen molar-refractivity contribution in [1.29, 1.82) is 0 Å². The second kappa shape index (κ2) is 4.63. The maximum absolute atomic E-state index is 12.6. The molecule has 0 fully saturated rings. The van der Waals surface area contributed by atoms with E-state index in [4.69, 9.17) is 0 Å². The number of aromatic nitrogens is 1. The van der Waals surface area contributed by atoms with Gasteiger partial charge in [0.15, 0.2) is 15.9 Å². The molecule has 0 bridgehead atoms. The summed E-state index contributed by atoms with van der Waals surface area (Å²) in [7, 11) is 0. The summed E-state index contributed by atoms with van der Waals surface area (Å²) < 4.78 is -1.37. The number of carbonyl (C=O) groups excluding carboxylic acids is 2. The lowest BCUT2D eigenvalue weighted by atomic mass is 9.98. The van der Waals surface area contributed by atoms with Gasteiger partial charge in [0.1, 0.15) is 0 Å². The van der Waals surface area contributed by atoms with Gasteiger partial charge < -0.3 is 0 Å². The van der Waals surface area contributed by atoms with Crippen LogP contribution in [0.4, 0.5) is 0 Å². The number of hydrogen-bond acceptors (Lipinski definition) is 3. The van der Waals surface area contributed by atoms with E-state index in [2.05, 4.69) is 20.9 Å². The Morgan fingerprint density at radius 2 is 1.65 bits per heavy atom. The molecule has 100 valence electrons. The Morgan fingerprint density at radius 1 is 1.05 bits per heavy atom. The fourth-order valence-electron chi connectivity index (χ4n) is 2.42. The second-order valence-electron chi connectivity index (χ2n) is 4.77. The molecule has 0 aliphatic heterocycles. The molecule has 0 N–H and O–H groups in total. The van der Waals surface area contributed by atoms with E-state index >= 15 is 0 Å². The molecule has 3 rings (SSSR count). The van der Waals surface area contributed by atoms with E-state index in [0.717, 1.165) is 12.0 Å². The largest absolute Gasteiger partial charge is 0.292 e. The topological polar surface area (TPSA) is 47.0 Å². The molecular formula is C16H12BrNO2. The van der Waals surface area contributed by atoms with Crippen molar-refractivity contribution in [3.8, 4) is 0 Å². The summed E-state index contributed by atoms with van der Waals surface area (Å²) in [6.07, 6.45) is 2.58. The predicted octanol–water partition coefficient (Wildman–Crippen LogP) is 3.31. The standard InChI is InChI=1S/C16H12BrNO2/c1-2-10-7-8-13(18-9-10)16(17)14(19)11-5-3-4-6-12(11)15(16)20/h3-9H,2H2,1H3. The predicted molar refractivity (Wildman–Crippen MR) is 79.3 cm³/mol. The molecule has 1 aliphatic carbocycles. The van der Waals surface area contributed by atoms with Gasteiger partial charge in [-0.3, -0.25) is 14.6 Å². The van der Waals surface area contributed by atoms with E-state index < -0.39 is 4.32 Å². The fourth-order valence-corrected chi connectivity index (χ4v) is 3.09. The van der Waals surface area contributed by atoms with Gasteiger partial charge in [-0.2, -0.15) is 0 Å². The van der Waals surface area contributed by atoms with Crippen LogP contribution in [0, 0.1) is 0 Å². The summed E-state index contributed by atoms with van der Waals surface area (Å²) >= 11 is 3.35. The molecule has 0 amide bonds. The molecule has 1 aromatic heterocycles. The number of carbonyl (C=O) groups is 2. The minimum absolute atomic E-state index is 0.241. The van der Waals surface area contributed by atoms with Crippen LogP contribution in [-0.2, 0) is 10.7 Å². The van der Waals surface area contributed by atoms with Crippen LogP contribution in [0.3, 0.4) is 0 Å². The number of Topliss-reactive ketones (excluding diaryl/α,β-unsaturated/α-hetero) is 2. The number of alkyl halides is 1. The van der Waals surface area contributed by atoms with Gasteiger partial charge in [-0.25, -0.2) is 0 Å². The number of rotatable bonds is 2. The summed E-state index contributed by atoms with van der Waals surface area (Å²) in [4.78, 5) is 29.5. The highest BCUT2D eigenvalue weighted by molar-refractivity contribution is 9.10. The molecule has 3 nitrogen and oxygen atoms in total. The number of pyridine rings is 1. The Balaban J connectivity index is 2.13. The quantitative estimate of drug-likeness (QED) is 0.627. The minimum atomic E-state index is -1.37. The highest BCUT2D eigenvalue weighted by Crippen LogP contribution is 2.43. The van der Waals surface area contributed by atoms with Crippen molar-refractivity contribution < 1.29 is 9.59 Å². The van der Waals surface area contributed by atoms with Gasteiger partial charge in [-0.15, -0.1) is 0 Å². The van der Waals surface area contributed by atoms with E-state index in [9.17, 15) is 9.59 Å². The van der Waals surface area contributed by atoms with Crippen LogP contribution in [0.2, 0.25) is 0 Å². The lowest BCUT2D eigenvalue weighted by Crippen LogP contribution is -2.32. The SMILES string of the molecule is CCc1ccc(C2(Br)C(=O)c3ccccc3C2=O)nc1. The summed E-state index contributed by atoms with van der Waals surface area (Å²) in [5, 5.41) is 0. The van der Waals surface area contributed by atoms with E-state index in [1.54, 1.807) is 36.5 Å². The molecule has 0 atom stereocenters. The Bertz CT molecular complexity index is 672. The van der Waals surface area contributed by atoms with Crippen molar-refractivity contribution >= 4 is 27.5 Å². The van der Waals surface area contributed by atoms with E-state index in [0.29, 0.717) is 16.8 Å². The summed E-state index contributed by atoms with van der Waals surface area (Å²) in [6, 6.07) is 10.5. The fraction of sp³-hybridized carbons (Fsp3) is 0.188. The summed E-state index contributed by atoms with van der Waals surface area (Å²) in [5.41, 5.74) is 2.42. The number of benzene rings is 1. The van der Waals surface area contributed by atoms with Crippen LogP contribution in [0.5, 0.6) is 0 Å². The van der Waals surface area contributed by atoms with E-state index in [1.165, 1.54) is 0 Å². The molecule has 2 aromatic rings. The lowest BCUT2D eigenvalue weighted by Gasteiger charge is -2.17. The van der Waals surface area contributed by atoms with Crippen LogP contribution in [0.1, 0.15) is 38.9 Å². The Hall–Kier alpha value is -1.81. The molecular weight excluding hydrogens is 318 g/mol. The maximum Gasteiger partial charge on any atom is 0.194 e. The van der Waals surface area contributed by atoms with Crippen molar-refractivity contribution in [2.24, 2.45) is 0 Å². The molecule has 1 aliphatic rings.